The minimum absolute atomic E-state index is 0.0876. The normalized spacial score (nSPS) is 20.4. The molecule has 1 aromatic heterocycles. The number of carbonyl (C=O) groups excluding carboxylic acids is 2. The molecule has 2 aromatic rings. The topological polar surface area (TPSA) is 81.4 Å². The molecule has 0 aliphatic carbocycles. The van der Waals surface area contributed by atoms with E-state index in [2.05, 4.69) is 5.32 Å². The van der Waals surface area contributed by atoms with E-state index >= 15 is 0 Å². The maximum Gasteiger partial charge on any atom is 0.251 e. The summed E-state index contributed by atoms with van der Waals surface area (Å²) in [7, 11) is 0. The van der Waals surface area contributed by atoms with Gasteiger partial charge in [-0.1, -0.05) is 30.3 Å². The lowest BCUT2D eigenvalue weighted by atomic mass is 10.1. The van der Waals surface area contributed by atoms with Gasteiger partial charge in [0.05, 0.1) is 24.2 Å². The molecule has 120 valence electrons. The SMILES string of the molecule is C[C@H]1C[C@@H](C(=O)Nc2sc(-c3ccccc3)cc2C(N)=O)CO1. The lowest BCUT2D eigenvalue weighted by Gasteiger charge is -2.08. The van der Waals surface area contributed by atoms with Crippen LogP contribution in [0.4, 0.5) is 5.00 Å². The first-order valence-corrected chi connectivity index (χ1v) is 8.27. The molecule has 1 aliphatic heterocycles. The van der Waals surface area contributed by atoms with Crippen LogP contribution in [0.3, 0.4) is 0 Å². The minimum Gasteiger partial charge on any atom is -0.378 e. The van der Waals surface area contributed by atoms with Crippen molar-refractivity contribution in [1.82, 2.24) is 0 Å². The summed E-state index contributed by atoms with van der Waals surface area (Å²) in [5, 5.41) is 3.34. The molecule has 3 rings (SSSR count). The van der Waals surface area contributed by atoms with Crippen LogP contribution in [-0.4, -0.2) is 24.5 Å². The van der Waals surface area contributed by atoms with Crippen LogP contribution in [0.15, 0.2) is 36.4 Å². The fourth-order valence-corrected chi connectivity index (χ4v) is 3.70. The summed E-state index contributed by atoms with van der Waals surface area (Å²) in [6, 6.07) is 11.4. The highest BCUT2D eigenvalue weighted by Crippen LogP contribution is 2.35. The maximum absolute atomic E-state index is 12.3. The number of hydrogen-bond acceptors (Lipinski definition) is 4. The smallest absolute Gasteiger partial charge is 0.251 e. The molecule has 23 heavy (non-hydrogen) atoms. The highest BCUT2D eigenvalue weighted by Gasteiger charge is 2.29. The number of thiophene rings is 1. The standard InChI is InChI=1S/C17H18N2O3S/c1-10-7-12(9-22-10)16(21)19-17-13(15(18)20)8-14(23-17)11-5-3-2-4-6-11/h2-6,8,10,12H,7,9H2,1H3,(H2,18,20)(H,19,21)/t10-,12+/m0/s1. The third-order valence-corrected chi connectivity index (χ3v) is 4.96. The third-order valence-electron chi connectivity index (χ3n) is 3.86. The highest BCUT2D eigenvalue weighted by atomic mass is 32.1. The summed E-state index contributed by atoms with van der Waals surface area (Å²) in [5.74, 6) is -0.860. The van der Waals surface area contributed by atoms with Gasteiger partial charge < -0.3 is 15.8 Å². The van der Waals surface area contributed by atoms with Gasteiger partial charge in [0.15, 0.2) is 0 Å². The molecule has 2 atom stereocenters. The Morgan fingerprint density at radius 1 is 1.30 bits per heavy atom. The Kier molecular flexibility index (Phi) is 4.45. The average Bonchev–Trinajstić information content (AvgIpc) is 3.15. The van der Waals surface area contributed by atoms with Gasteiger partial charge in [-0.15, -0.1) is 11.3 Å². The van der Waals surface area contributed by atoms with E-state index in [9.17, 15) is 9.59 Å². The van der Waals surface area contributed by atoms with E-state index in [1.54, 1.807) is 6.07 Å². The van der Waals surface area contributed by atoms with Crippen LogP contribution in [0.5, 0.6) is 0 Å². The molecule has 3 N–H and O–H groups in total. The zero-order chi connectivity index (χ0) is 16.4. The number of ether oxygens (including phenoxy) is 1. The first-order valence-electron chi connectivity index (χ1n) is 7.46. The zero-order valence-corrected chi connectivity index (χ0v) is 13.6. The van der Waals surface area contributed by atoms with Crippen LogP contribution in [-0.2, 0) is 9.53 Å². The molecule has 0 radical (unpaired) electrons. The quantitative estimate of drug-likeness (QED) is 0.904. The van der Waals surface area contributed by atoms with Crippen LogP contribution < -0.4 is 11.1 Å². The number of anilines is 1. The molecule has 0 bridgehead atoms. The van der Waals surface area contributed by atoms with E-state index in [0.717, 1.165) is 10.4 Å². The highest BCUT2D eigenvalue weighted by molar-refractivity contribution is 7.20. The Labute approximate surface area is 138 Å². The molecule has 5 nitrogen and oxygen atoms in total. The molecule has 0 unspecified atom stereocenters. The molecule has 1 aromatic carbocycles. The average molecular weight is 330 g/mol. The Hall–Kier alpha value is -2.18. The van der Waals surface area contributed by atoms with Crippen molar-refractivity contribution in [3.63, 3.8) is 0 Å². The summed E-state index contributed by atoms with van der Waals surface area (Å²) in [4.78, 5) is 24.9. The van der Waals surface area contributed by atoms with Crippen molar-refractivity contribution in [2.75, 3.05) is 11.9 Å². The molecule has 0 spiro atoms. The zero-order valence-electron chi connectivity index (χ0n) is 12.7. The second-order valence-corrected chi connectivity index (χ2v) is 6.70. The molecular formula is C17H18N2O3S. The number of carbonyl (C=O) groups is 2. The Morgan fingerprint density at radius 3 is 2.65 bits per heavy atom. The Balaban J connectivity index is 1.85. The number of amides is 2. The van der Waals surface area contributed by atoms with Crippen molar-refractivity contribution < 1.29 is 14.3 Å². The van der Waals surface area contributed by atoms with Gasteiger partial charge in [-0.3, -0.25) is 9.59 Å². The Morgan fingerprint density at radius 2 is 2.04 bits per heavy atom. The molecule has 2 amide bonds. The molecule has 0 saturated carbocycles. The van der Waals surface area contributed by atoms with Gasteiger partial charge >= 0.3 is 0 Å². The summed E-state index contributed by atoms with van der Waals surface area (Å²) in [6.07, 6.45) is 0.777. The molecule has 1 fully saturated rings. The summed E-state index contributed by atoms with van der Waals surface area (Å²) >= 11 is 1.36. The van der Waals surface area contributed by atoms with E-state index in [-0.39, 0.29) is 17.9 Å². The van der Waals surface area contributed by atoms with E-state index < -0.39 is 5.91 Å². The lowest BCUT2D eigenvalue weighted by molar-refractivity contribution is -0.119. The lowest BCUT2D eigenvalue weighted by Crippen LogP contribution is -2.24. The largest absolute Gasteiger partial charge is 0.378 e. The van der Waals surface area contributed by atoms with Crippen molar-refractivity contribution in [2.45, 2.75) is 19.4 Å². The van der Waals surface area contributed by atoms with Gasteiger partial charge in [-0.2, -0.15) is 0 Å². The van der Waals surface area contributed by atoms with Crippen molar-refractivity contribution in [1.29, 1.82) is 0 Å². The van der Waals surface area contributed by atoms with E-state index in [4.69, 9.17) is 10.5 Å². The number of benzene rings is 1. The van der Waals surface area contributed by atoms with Crippen LogP contribution >= 0.6 is 11.3 Å². The summed E-state index contributed by atoms with van der Waals surface area (Å²) in [5.41, 5.74) is 6.78. The van der Waals surface area contributed by atoms with E-state index in [1.807, 2.05) is 37.3 Å². The monoisotopic (exact) mass is 330 g/mol. The minimum atomic E-state index is -0.547. The fourth-order valence-electron chi connectivity index (χ4n) is 2.63. The first kappa shape index (κ1) is 15.7. The fraction of sp³-hybridized carbons (Fsp3) is 0.294. The van der Waals surface area contributed by atoms with Crippen molar-refractivity contribution in [3.8, 4) is 10.4 Å². The third kappa shape index (κ3) is 3.43. The molecule has 6 heteroatoms. The number of primary amides is 1. The predicted octanol–water partition coefficient (Wildman–Crippen LogP) is 2.88. The van der Waals surface area contributed by atoms with Crippen LogP contribution in [0.1, 0.15) is 23.7 Å². The predicted molar refractivity (Wildman–Crippen MR) is 90.4 cm³/mol. The van der Waals surface area contributed by atoms with Crippen LogP contribution in [0.25, 0.3) is 10.4 Å². The van der Waals surface area contributed by atoms with Gasteiger partial charge in [0.1, 0.15) is 5.00 Å². The van der Waals surface area contributed by atoms with Gasteiger partial charge in [0, 0.05) is 4.88 Å². The van der Waals surface area contributed by atoms with Gasteiger partial charge in [-0.25, -0.2) is 0 Å². The van der Waals surface area contributed by atoms with E-state index in [0.29, 0.717) is 23.6 Å². The molecule has 1 saturated heterocycles. The summed E-state index contributed by atoms with van der Waals surface area (Å²) in [6.45, 7) is 2.36. The second kappa shape index (κ2) is 6.52. The molecule has 2 heterocycles. The molecular weight excluding hydrogens is 312 g/mol. The van der Waals surface area contributed by atoms with Gasteiger partial charge in [-0.05, 0) is 25.0 Å². The second-order valence-electron chi connectivity index (χ2n) is 5.65. The Bertz CT molecular complexity index is 727. The number of nitrogens with one attached hydrogen (secondary N) is 1. The van der Waals surface area contributed by atoms with Crippen molar-refractivity contribution in [3.05, 3.63) is 42.0 Å². The first-order chi connectivity index (χ1) is 11.0. The van der Waals surface area contributed by atoms with Crippen molar-refractivity contribution in [2.24, 2.45) is 11.7 Å². The van der Waals surface area contributed by atoms with E-state index in [1.165, 1.54) is 11.3 Å². The number of hydrogen-bond donors (Lipinski definition) is 2. The molecule has 1 aliphatic rings. The van der Waals surface area contributed by atoms with Crippen LogP contribution in [0, 0.1) is 5.92 Å². The number of rotatable bonds is 4. The van der Waals surface area contributed by atoms with Gasteiger partial charge in [0.25, 0.3) is 5.91 Å². The van der Waals surface area contributed by atoms with Gasteiger partial charge in [0.2, 0.25) is 5.91 Å². The van der Waals surface area contributed by atoms with Crippen LogP contribution in [0.2, 0.25) is 0 Å². The maximum atomic E-state index is 12.3. The summed E-state index contributed by atoms with van der Waals surface area (Å²) < 4.78 is 5.43. The number of nitrogens with two attached hydrogens (primary N) is 1. The van der Waals surface area contributed by atoms with Crippen molar-refractivity contribution >= 4 is 28.2 Å².